The van der Waals surface area contributed by atoms with Crippen LogP contribution < -0.4 is 5.73 Å². The van der Waals surface area contributed by atoms with Gasteiger partial charge in [0.2, 0.25) is 0 Å². The SMILES string of the molecule is CSc1n[nH]c(N)c1-c1cccs1. The molecule has 0 spiro atoms. The highest BCUT2D eigenvalue weighted by Gasteiger charge is 2.12. The molecule has 3 nitrogen and oxygen atoms in total. The van der Waals surface area contributed by atoms with E-state index < -0.39 is 0 Å². The first-order valence-corrected chi connectivity index (χ1v) is 5.85. The molecule has 0 unspecified atom stereocenters. The van der Waals surface area contributed by atoms with E-state index in [-0.39, 0.29) is 0 Å². The van der Waals surface area contributed by atoms with E-state index in [0.717, 1.165) is 15.5 Å². The van der Waals surface area contributed by atoms with Crippen molar-refractivity contribution < 1.29 is 0 Å². The minimum absolute atomic E-state index is 0.645. The number of nitrogens with one attached hydrogen (secondary N) is 1. The minimum Gasteiger partial charge on any atom is -0.384 e. The van der Waals surface area contributed by atoms with Crippen LogP contribution in [0, 0.1) is 0 Å². The molecule has 0 saturated heterocycles. The van der Waals surface area contributed by atoms with Gasteiger partial charge in [-0.3, -0.25) is 5.10 Å². The number of anilines is 1. The first-order valence-electron chi connectivity index (χ1n) is 3.74. The van der Waals surface area contributed by atoms with Crippen LogP contribution in [0.25, 0.3) is 10.4 Å². The fraction of sp³-hybridized carbons (Fsp3) is 0.125. The Kier molecular flexibility index (Phi) is 2.28. The third-order valence-electron chi connectivity index (χ3n) is 1.72. The molecule has 5 heteroatoms. The van der Waals surface area contributed by atoms with Gasteiger partial charge in [-0.2, -0.15) is 5.10 Å². The number of aromatic amines is 1. The molecular weight excluding hydrogens is 202 g/mol. The van der Waals surface area contributed by atoms with Gasteiger partial charge < -0.3 is 5.73 Å². The Morgan fingerprint density at radius 1 is 1.62 bits per heavy atom. The van der Waals surface area contributed by atoms with Crippen LogP contribution in [0.15, 0.2) is 22.5 Å². The van der Waals surface area contributed by atoms with Gasteiger partial charge in [-0.1, -0.05) is 6.07 Å². The van der Waals surface area contributed by atoms with Crippen LogP contribution >= 0.6 is 23.1 Å². The third-order valence-corrected chi connectivity index (χ3v) is 3.29. The van der Waals surface area contributed by atoms with Gasteiger partial charge in [-0.15, -0.1) is 23.1 Å². The highest BCUT2D eigenvalue weighted by Crippen LogP contribution is 2.35. The van der Waals surface area contributed by atoms with Crippen molar-refractivity contribution in [1.29, 1.82) is 0 Å². The lowest BCUT2D eigenvalue weighted by Gasteiger charge is -1.96. The number of nitrogens with two attached hydrogens (primary N) is 1. The number of thioether (sulfide) groups is 1. The van der Waals surface area contributed by atoms with Gasteiger partial charge in [0.1, 0.15) is 10.8 Å². The van der Waals surface area contributed by atoms with E-state index in [1.807, 2.05) is 23.8 Å². The Morgan fingerprint density at radius 2 is 2.46 bits per heavy atom. The van der Waals surface area contributed by atoms with Crippen molar-refractivity contribution in [3.8, 4) is 10.4 Å². The Labute approximate surface area is 84.4 Å². The smallest absolute Gasteiger partial charge is 0.129 e. The average molecular weight is 211 g/mol. The fourth-order valence-corrected chi connectivity index (χ4v) is 2.56. The van der Waals surface area contributed by atoms with Gasteiger partial charge in [0.25, 0.3) is 0 Å². The van der Waals surface area contributed by atoms with E-state index >= 15 is 0 Å². The molecule has 3 N–H and O–H groups in total. The fourth-order valence-electron chi connectivity index (χ4n) is 1.14. The third kappa shape index (κ3) is 1.45. The molecule has 2 heterocycles. The zero-order chi connectivity index (χ0) is 9.26. The summed E-state index contributed by atoms with van der Waals surface area (Å²) >= 11 is 3.27. The summed E-state index contributed by atoms with van der Waals surface area (Å²) in [5.74, 6) is 0.645. The van der Waals surface area contributed by atoms with Crippen molar-refractivity contribution in [3.63, 3.8) is 0 Å². The quantitative estimate of drug-likeness (QED) is 0.750. The molecule has 0 saturated carbocycles. The van der Waals surface area contributed by atoms with Crippen molar-refractivity contribution in [2.75, 3.05) is 12.0 Å². The molecule has 0 fully saturated rings. The first kappa shape index (κ1) is 8.65. The van der Waals surface area contributed by atoms with E-state index in [1.165, 1.54) is 0 Å². The summed E-state index contributed by atoms with van der Waals surface area (Å²) in [6.45, 7) is 0. The van der Waals surface area contributed by atoms with Crippen LogP contribution in [0.4, 0.5) is 5.82 Å². The molecule has 0 aromatic carbocycles. The number of aromatic nitrogens is 2. The molecule has 13 heavy (non-hydrogen) atoms. The van der Waals surface area contributed by atoms with Crippen LogP contribution in [0.5, 0.6) is 0 Å². The van der Waals surface area contributed by atoms with Crippen molar-refractivity contribution in [2.45, 2.75) is 5.03 Å². The molecule has 2 aromatic rings. The van der Waals surface area contributed by atoms with Crippen LogP contribution in [-0.4, -0.2) is 16.5 Å². The lowest BCUT2D eigenvalue weighted by Crippen LogP contribution is -1.86. The van der Waals surface area contributed by atoms with Gasteiger partial charge in [0, 0.05) is 4.88 Å². The summed E-state index contributed by atoms with van der Waals surface area (Å²) in [5.41, 5.74) is 6.81. The molecular formula is C8H9N3S2. The van der Waals surface area contributed by atoms with Gasteiger partial charge in [-0.25, -0.2) is 0 Å². The second-order valence-corrected chi connectivity index (χ2v) is 4.24. The molecule has 0 atom stereocenters. The summed E-state index contributed by atoms with van der Waals surface area (Å²) in [6, 6.07) is 4.06. The number of nitrogens with zero attached hydrogens (tertiary/aromatic N) is 1. The Hall–Kier alpha value is -0.940. The zero-order valence-corrected chi connectivity index (χ0v) is 8.71. The molecule has 0 bridgehead atoms. The standard InChI is InChI=1S/C8H9N3S2/c1-12-8-6(7(9)10-11-8)5-3-2-4-13-5/h2-4H,1H3,(H3,9,10,11). The van der Waals surface area contributed by atoms with E-state index in [0.29, 0.717) is 5.82 Å². The van der Waals surface area contributed by atoms with Gasteiger partial charge in [0.15, 0.2) is 0 Å². The maximum atomic E-state index is 5.78. The number of hydrogen-bond acceptors (Lipinski definition) is 4. The molecule has 0 aliphatic heterocycles. The van der Waals surface area contributed by atoms with Crippen LogP contribution in [0.3, 0.4) is 0 Å². The predicted octanol–water partition coefficient (Wildman–Crippen LogP) is 2.44. The molecule has 68 valence electrons. The highest BCUT2D eigenvalue weighted by atomic mass is 32.2. The summed E-state index contributed by atoms with van der Waals surface area (Å²) < 4.78 is 0. The minimum atomic E-state index is 0.645. The van der Waals surface area contributed by atoms with E-state index in [4.69, 9.17) is 5.73 Å². The van der Waals surface area contributed by atoms with Crippen molar-refractivity contribution >= 4 is 28.9 Å². The Balaban J connectivity index is 2.55. The van der Waals surface area contributed by atoms with E-state index in [2.05, 4.69) is 10.2 Å². The molecule has 0 aliphatic rings. The maximum Gasteiger partial charge on any atom is 0.129 e. The van der Waals surface area contributed by atoms with Gasteiger partial charge in [-0.05, 0) is 17.7 Å². The average Bonchev–Trinajstić information content (AvgIpc) is 2.72. The monoisotopic (exact) mass is 211 g/mol. The number of nitrogen functional groups attached to an aromatic ring is 1. The summed E-state index contributed by atoms with van der Waals surface area (Å²) in [5, 5.41) is 9.89. The molecule has 0 aliphatic carbocycles. The first-order chi connectivity index (χ1) is 6.33. The highest BCUT2D eigenvalue weighted by molar-refractivity contribution is 7.98. The van der Waals surface area contributed by atoms with Crippen LogP contribution in [-0.2, 0) is 0 Å². The number of thiophene rings is 1. The second-order valence-electron chi connectivity index (χ2n) is 2.50. The predicted molar refractivity (Wildman–Crippen MR) is 58.1 cm³/mol. The summed E-state index contributed by atoms with van der Waals surface area (Å²) in [6.07, 6.45) is 1.99. The molecule has 0 amide bonds. The molecule has 2 rings (SSSR count). The topological polar surface area (TPSA) is 54.7 Å². The number of hydrogen-bond donors (Lipinski definition) is 2. The van der Waals surface area contributed by atoms with Crippen molar-refractivity contribution in [1.82, 2.24) is 10.2 Å². The van der Waals surface area contributed by atoms with Crippen LogP contribution in [0.1, 0.15) is 0 Å². The number of rotatable bonds is 2. The molecule has 2 aromatic heterocycles. The maximum absolute atomic E-state index is 5.78. The second kappa shape index (κ2) is 3.43. The lowest BCUT2D eigenvalue weighted by molar-refractivity contribution is 1.01. The largest absolute Gasteiger partial charge is 0.384 e. The van der Waals surface area contributed by atoms with Crippen molar-refractivity contribution in [2.24, 2.45) is 0 Å². The summed E-state index contributed by atoms with van der Waals surface area (Å²) in [7, 11) is 0. The Morgan fingerprint density at radius 3 is 3.08 bits per heavy atom. The van der Waals surface area contributed by atoms with Crippen molar-refractivity contribution in [3.05, 3.63) is 17.5 Å². The van der Waals surface area contributed by atoms with Crippen LogP contribution in [0.2, 0.25) is 0 Å². The zero-order valence-electron chi connectivity index (χ0n) is 7.07. The van der Waals surface area contributed by atoms with E-state index in [1.54, 1.807) is 23.1 Å². The normalized spacial score (nSPS) is 10.5. The molecule has 0 radical (unpaired) electrons. The lowest BCUT2D eigenvalue weighted by atomic mass is 10.3. The number of H-pyrrole nitrogens is 1. The van der Waals surface area contributed by atoms with E-state index in [9.17, 15) is 0 Å². The van der Waals surface area contributed by atoms with Gasteiger partial charge in [0.05, 0.1) is 5.56 Å². The Bertz CT molecular complexity index is 391. The van der Waals surface area contributed by atoms with Gasteiger partial charge >= 0.3 is 0 Å². The summed E-state index contributed by atoms with van der Waals surface area (Å²) in [4.78, 5) is 1.16.